The molecule has 0 spiro atoms. The lowest BCUT2D eigenvalue weighted by molar-refractivity contribution is -0.275. The second-order valence-corrected chi connectivity index (χ2v) is 15.2. The molecule has 0 amide bonds. The minimum absolute atomic E-state index is 0.0773. The molecule has 20 heteroatoms. The molecule has 69 heavy (non-hydrogen) atoms. The summed E-state index contributed by atoms with van der Waals surface area (Å²) in [6.45, 7) is -0.885. The van der Waals surface area contributed by atoms with Gasteiger partial charge in [-0.2, -0.15) is 0 Å². The standard InChI is InChI=1S/C49H36O20/c50-28-10-1-23(2-11-28)45(59)63-22-37-41(66-46(60)24-3-12-29(51)13-4-24)43(67-47(61)25-5-14-30(52)15-6-25)44(68-48(62)26-7-16-31(53)17-8-26)49(65-37)69-42-39(58)38-35(57)20-32(54)21-36(38)64-40(42)27-9-18-33(55)34(56)19-27/h1-21,37,41,43-44,49-57H,22H2/t37-,41-,43+,44-,49+/m0/s1. The van der Waals surface area contributed by atoms with Gasteiger partial charge in [-0.25, -0.2) is 19.2 Å². The summed E-state index contributed by atoms with van der Waals surface area (Å²) in [5, 5.41) is 81.1. The van der Waals surface area contributed by atoms with Crippen molar-refractivity contribution in [3.05, 3.63) is 160 Å². The molecule has 20 nitrogen and oxygen atoms in total. The largest absolute Gasteiger partial charge is 0.508 e. The van der Waals surface area contributed by atoms with E-state index in [-0.39, 0.29) is 50.8 Å². The Morgan fingerprint density at radius 2 is 0.942 bits per heavy atom. The maximum atomic E-state index is 14.6. The van der Waals surface area contributed by atoms with Gasteiger partial charge in [-0.15, -0.1) is 0 Å². The van der Waals surface area contributed by atoms with Gasteiger partial charge in [0.1, 0.15) is 58.2 Å². The molecule has 1 fully saturated rings. The van der Waals surface area contributed by atoms with E-state index in [9.17, 15) is 64.8 Å². The van der Waals surface area contributed by atoms with Crippen molar-refractivity contribution in [3.8, 4) is 63.1 Å². The van der Waals surface area contributed by atoms with Gasteiger partial charge >= 0.3 is 23.9 Å². The Morgan fingerprint density at radius 1 is 0.478 bits per heavy atom. The van der Waals surface area contributed by atoms with E-state index >= 15 is 0 Å². The molecule has 0 unspecified atom stereocenters. The zero-order chi connectivity index (χ0) is 49.1. The first-order chi connectivity index (χ1) is 33.0. The van der Waals surface area contributed by atoms with Crippen molar-refractivity contribution in [2.45, 2.75) is 30.7 Å². The van der Waals surface area contributed by atoms with Crippen molar-refractivity contribution in [1.29, 1.82) is 0 Å². The molecule has 7 aromatic rings. The van der Waals surface area contributed by atoms with Gasteiger partial charge < -0.3 is 73.7 Å². The van der Waals surface area contributed by atoms with Gasteiger partial charge in [-0.1, -0.05) is 0 Å². The number of hydrogen-bond donors (Lipinski definition) is 8. The number of rotatable bonds is 12. The lowest BCUT2D eigenvalue weighted by Gasteiger charge is -2.44. The zero-order valence-electron chi connectivity index (χ0n) is 35.2. The predicted molar refractivity (Wildman–Crippen MR) is 234 cm³/mol. The normalized spacial score (nSPS) is 17.6. The van der Waals surface area contributed by atoms with Crippen LogP contribution in [0.4, 0.5) is 0 Å². The SMILES string of the molecule is O=C(OC[C@@H]1O[C@H](Oc2c(-c3ccc(O)c(O)c3)oc3cc(O)cc(O)c3c2=O)[C@@H](OC(=O)c2ccc(O)cc2)[C@H](OC(=O)c2ccc(O)cc2)[C@H]1OC(=O)c1ccc(O)cc1)c1ccc(O)cc1. The summed E-state index contributed by atoms with van der Waals surface area (Å²) >= 11 is 0. The molecular weight excluding hydrogens is 909 g/mol. The first-order valence-corrected chi connectivity index (χ1v) is 20.4. The van der Waals surface area contributed by atoms with E-state index in [2.05, 4.69) is 0 Å². The van der Waals surface area contributed by atoms with Crippen LogP contribution in [0.25, 0.3) is 22.3 Å². The van der Waals surface area contributed by atoms with E-state index in [1.807, 2.05) is 0 Å². The third-order valence-corrected chi connectivity index (χ3v) is 10.5. The predicted octanol–water partition coefficient (Wildman–Crippen LogP) is 5.74. The van der Waals surface area contributed by atoms with Crippen molar-refractivity contribution in [2.24, 2.45) is 0 Å². The average molecular weight is 945 g/mol. The molecule has 6 aromatic carbocycles. The molecule has 0 aliphatic carbocycles. The van der Waals surface area contributed by atoms with Gasteiger partial charge in [-0.05, 0) is 115 Å². The minimum Gasteiger partial charge on any atom is -0.508 e. The third-order valence-electron chi connectivity index (χ3n) is 10.5. The molecular formula is C49H36O20. The molecule has 2 heterocycles. The summed E-state index contributed by atoms with van der Waals surface area (Å²) in [5.74, 6) is -9.47. The Bertz CT molecular complexity index is 3130. The number of ether oxygens (including phenoxy) is 6. The summed E-state index contributed by atoms with van der Waals surface area (Å²) in [5.41, 5.74) is -2.41. The van der Waals surface area contributed by atoms with Gasteiger partial charge in [0.05, 0.1) is 22.3 Å². The Labute approximate surface area is 387 Å². The van der Waals surface area contributed by atoms with E-state index < -0.39 is 112 Å². The first-order valence-electron chi connectivity index (χ1n) is 20.4. The number of phenols is 8. The van der Waals surface area contributed by atoms with Crippen LogP contribution in [-0.2, 0) is 23.7 Å². The minimum atomic E-state index is -2.21. The van der Waals surface area contributed by atoms with E-state index in [1.54, 1.807) is 0 Å². The highest BCUT2D eigenvalue weighted by molar-refractivity contribution is 5.92. The van der Waals surface area contributed by atoms with Gasteiger partial charge in [0.15, 0.2) is 29.5 Å². The zero-order valence-corrected chi connectivity index (χ0v) is 35.2. The topological polar surface area (TPSA) is 316 Å². The Balaban J connectivity index is 1.31. The van der Waals surface area contributed by atoms with Gasteiger partial charge in [-0.3, -0.25) is 4.79 Å². The Hall–Kier alpha value is -9.43. The number of fused-ring (bicyclic) bond motifs is 1. The summed E-state index contributed by atoms with van der Waals surface area (Å²) < 4.78 is 42.2. The molecule has 0 bridgehead atoms. The number of hydrogen-bond acceptors (Lipinski definition) is 20. The van der Waals surface area contributed by atoms with Gasteiger partial charge in [0.25, 0.3) is 0 Å². The van der Waals surface area contributed by atoms with Crippen LogP contribution in [0.1, 0.15) is 41.4 Å². The average Bonchev–Trinajstić information content (AvgIpc) is 3.32. The van der Waals surface area contributed by atoms with E-state index in [0.29, 0.717) is 0 Å². The maximum absolute atomic E-state index is 14.6. The second-order valence-electron chi connectivity index (χ2n) is 15.2. The van der Waals surface area contributed by atoms with E-state index in [1.165, 1.54) is 66.7 Å². The molecule has 0 radical (unpaired) electrons. The lowest BCUT2D eigenvalue weighted by Crippen LogP contribution is -2.64. The maximum Gasteiger partial charge on any atom is 0.338 e. The van der Waals surface area contributed by atoms with Gasteiger partial charge in [0.2, 0.25) is 23.6 Å². The number of phenolic OH excluding ortho intramolecular Hbond substituents is 8. The van der Waals surface area contributed by atoms with E-state index in [0.717, 1.165) is 60.7 Å². The molecule has 8 rings (SSSR count). The summed E-state index contributed by atoms with van der Waals surface area (Å²) in [7, 11) is 0. The van der Waals surface area contributed by atoms with Crippen LogP contribution in [0.2, 0.25) is 0 Å². The van der Waals surface area contributed by atoms with Crippen LogP contribution in [-0.4, -0.2) is 102 Å². The summed E-state index contributed by atoms with van der Waals surface area (Å²) in [6.07, 6.45) is -10.2. The first kappa shape index (κ1) is 46.1. The highest BCUT2D eigenvalue weighted by Gasteiger charge is 2.55. The van der Waals surface area contributed by atoms with Crippen molar-refractivity contribution in [1.82, 2.24) is 0 Å². The van der Waals surface area contributed by atoms with Crippen molar-refractivity contribution in [2.75, 3.05) is 6.61 Å². The number of carbonyl (C=O) groups is 4. The number of esters is 4. The highest BCUT2D eigenvalue weighted by atomic mass is 16.7. The van der Waals surface area contributed by atoms with Crippen molar-refractivity contribution >= 4 is 34.8 Å². The second kappa shape index (κ2) is 19.2. The highest BCUT2D eigenvalue weighted by Crippen LogP contribution is 2.41. The van der Waals surface area contributed by atoms with Gasteiger partial charge in [0, 0.05) is 17.7 Å². The summed E-state index contributed by atoms with van der Waals surface area (Å²) in [4.78, 5) is 70.3. The molecule has 1 aliphatic heterocycles. The number of benzene rings is 6. The molecule has 1 aromatic heterocycles. The van der Waals surface area contributed by atoms with E-state index in [4.69, 9.17) is 32.8 Å². The quantitative estimate of drug-likeness (QED) is 0.0411. The molecule has 8 N–H and O–H groups in total. The Morgan fingerprint density at radius 3 is 1.43 bits per heavy atom. The lowest BCUT2D eigenvalue weighted by atomic mass is 9.97. The number of aromatic hydroxyl groups is 8. The monoisotopic (exact) mass is 944 g/mol. The Kier molecular flexibility index (Phi) is 12.8. The van der Waals surface area contributed by atoms with Crippen LogP contribution in [0.15, 0.2) is 137 Å². The fraction of sp³-hybridized carbons (Fsp3) is 0.122. The smallest absolute Gasteiger partial charge is 0.338 e. The molecule has 1 aliphatic rings. The summed E-state index contributed by atoms with van der Waals surface area (Å²) in [6, 6.07) is 23.8. The molecule has 5 atom stereocenters. The fourth-order valence-electron chi connectivity index (χ4n) is 7.06. The molecule has 0 saturated carbocycles. The van der Waals surface area contributed by atoms with Crippen LogP contribution in [0.3, 0.4) is 0 Å². The van der Waals surface area contributed by atoms with Crippen LogP contribution < -0.4 is 10.2 Å². The number of carbonyl (C=O) groups excluding carboxylic acids is 4. The van der Waals surface area contributed by atoms with Crippen molar-refractivity contribution < 1.29 is 92.9 Å². The molecule has 1 saturated heterocycles. The third kappa shape index (κ3) is 10.0. The van der Waals surface area contributed by atoms with Crippen LogP contribution >= 0.6 is 0 Å². The van der Waals surface area contributed by atoms with Crippen LogP contribution in [0.5, 0.6) is 51.7 Å². The van der Waals surface area contributed by atoms with Crippen LogP contribution in [0, 0.1) is 0 Å². The molecule has 352 valence electrons. The fourth-order valence-corrected chi connectivity index (χ4v) is 7.06. The van der Waals surface area contributed by atoms with Crippen molar-refractivity contribution in [3.63, 3.8) is 0 Å².